The summed E-state index contributed by atoms with van der Waals surface area (Å²) in [6.07, 6.45) is 0.955. The molecule has 0 aliphatic carbocycles. The second kappa shape index (κ2) is 6.91. The summed E-state index contributed by atoms with van der Waals surface area (Å²) in [5.74, 6) is 0.131. The quantitative estimate of drug-likeness (QED) is 0.699. The predicted octanol–water partition coefficient (Wildman–Crippen LogP) is 0.732. The molecule has 1 atom stereocenters. The van der Waals surface area contributed by atoms with Gasteiger partial charge in [-0.1, -0.05) is 26.0 Å². The summed E-state index contributed by atoms with van der Waals surface area (Å²) in [5.41, 5.74) is 6.92. The molecule has 3 aromatic rings. The van der Waals surface area contributed by atoms with Crippen molar-refractivity contribution in [3.63, 3.8) is 0 Å². The van der Waals surface area contributed by atoms with Crippen LogP contribution in [-0.4, -0.2) is 31.1 Å². The molecular formula is C20H24N6O3. The molecule has 2 aromatic heterocycles. The van der Waals surface area contributed by atoms with Crippen LogP contribution >= 0.6 is 0 Å². The van der Waals surface area contributed by atoms with Crippen molar-refractivity contribution in [1.82, 2.24) is 18.7 Å². The van der Waals surface area contributed by atoms with E-state index in [1.165, 1.54) is 10.1 Å². The summed E-state index contributed by atoms with van der Waals surface area (Å²) in [7, 11) is 1.55. The number of hydrogen-bond donors (Lipinski definition) is 1. The summed E-state index contributed by atoms with van der Waals surface area (Å²) in [5, 5.41) is 0. The molecule has 1 aliphatic heterocycles. The van der Waals surface area contributed by atoms with Gasteiger partial charge in [0.25, 0.3) is 5.56 Å². The van der Waals surface area contributed by atoms with E-state index in [1.54, 1.807) is 7.05 Å². The molecule has 0 unspecified atom stereocenters. The molecule has 3 heterocycles. The lowest BCUT2D eigenvalue weighted by molar-refractivity contribution is -0.118. The third-order valence-electron chi connectivity index (χ3n) is 5.41. The lowest BCUT2D eigenvalue weighted by Crippen LogP contribution is -2.43. The van der Waals surface area contributed by atoms with Crippen molar-refractivity contribution in [3.8, 4) is 0 Å². The number of nitrogens with zero attached hydrogens (tertiary/aromatic N) is 5. The molecule has 9 heteroatoms. The van der Waals surface area contributed by atoms with Gasteiger partial charge in [-0.2, -0.15) is 4.98 Å². The van der Waals surface area contributed by atoms with Crippen molar-refractivity contribution in [1.29, 1.82) is 0 Å². The average Bonchev–Trinajstić information content (AvgIpc) is 3.08. The van der Waals surface area contributed by atoms with E-state index in [1.807, 2.05) is 16.7 Å². The average molecular weight is 396 g/mol. The maximum Gasteiger partial charge on any atom is 0.332 e. The van der Waals surface area contributed by atoms with E-state index in [4.69, 9.17) is 5.73 Å². The molecule has 0 fully saturated rings. The van der Waals surface area contributed by atoms with Gasteiger partial charge in [0.05, 0.1) is 0 Å². The Morgan fingerprint density at radius 2 is 1.90 bits per heavy atom. The van der Waals surface area contributed by atoms with Crippen LogP contribution in [0.3, 0.4) is 0 Å². The summed E-state index contributed by atoms with van der Waals surface area (Å²) in [6, 6.07) is 8.25. The van der Waals surface area contributed by atoms with Crippen molar-refractivity contribution in [2.75, 3.05) is 11.4 Å². The number of benzene rings is 1. The van der Waals surface area contributed by atoms with E-state index in [9.17, 15) is 14.4 Å². The number of rotatable bonds is 4. The molecule has 0 saturated heterocycles. The number of anilines is 2. The van der Waals surface area contributed by atoms with Crippen molar-refractivity contribution >= 4 is 28.7 Å². The molecule has 1 aromatic carbocycles. The van der Waals surface area contributed by atoms with Gasteiger partial charge in [-0.05, 0) is 30.0 Å². The van der Waals surface area contributed by atoms with Gasteiger partial charge >= 0.3 is 5.69 Å². The maximum absolute atomic E-state index is 13.1. The lowest BCUT2D eigenvalue weighted by Gasteiger charge is -2.33. The Morgan fingerprint density at radius 1 is 1.21 bits per heavy atom. The number of aryl methyl sites for hydroxylation is 2. The van der Waals surface area contributed by atoms with Gasteiger partial charge in [-0.15, -0.1) is 0 Å². The SMILES string of the molecule is CCc1ccc(N2C[C@@H](C)Cn3c2nc2c3c(=O)n(CC(N)=O)c(=O)n2C)cc1. The fourth-order valence-corrected chi connectivity index (χ4v) is 3.93. The number of carbonyl (C=O) groups excluding carboxylic acids is 1. The van der Waals surface area contributed by atoms with Gasteiger partial charge in [0.2, 0.25) is 11.9 Å². The number of nitrogens with two attached hydrogens (primary N) is 1. The molecule has 0 radical (unpaired) electrons. The monoisotopic (exact) mass is 396 g/mol. The second-order valence-electron chi connectivity index (χ2n) is 7.63. The Kier molecular flexibility index (Phi) is 4.52. The van der Waals surface area contributed by atoms with E-state index in [-0.39, 0.29) is 5.92 Å². The number of fused-ring (bicyclic) bond motifs is 3. The van der Waals surface area contributed by atoms with Crippen molar-refractivity contribution < 1.29 is 4.79 Å². The smallest absolute Gasteiger partial charge is 0.332 e. The zero-order valence-corrected chi connectivity index (χ0v) is 16.8. The summed E-state index contributed by atoms with van der Waals surface area (Å²) >= 11 is 0. The van der Waals surface area contributed by atoms with Crippen LogP contribution in [0.25, 0.3) is 11.2 Å². The Bertz CT molecular complexity index is 1220. The van der Waals surface area contributed by atoms with Crippen LogP contribution in [0, 0.1) is 5.92 Å². The third-order valence-corrected chi connectivity index (χ3v) is 5.41. The molecule has 9 nitrogen and oxygen atoms in total. The minimum absolute atomic E-state index is 0.256. The van der Waals surface area contributed by atoms with Crippen LogP contribution in [0.1, 0.15) is 19.4 Å². The fourth-order valence-electron chi connectivity index (χ4n) is 3.93. The molecular weight excluding hydrogens is 372 g/mol. The number of primary amides is 1. The molecule has 0 bridgehead atoms. The van der Waals surface area contributed by atoms with Crippen LogP contribution in [0.2, 0.25) is 0 Å². The van der Waals surface area contributed by atoms with Crippen LogP contribution in [0.4, 0.5) is 11.6 Å². The largest absolute Gasteiger partial charge is 0.368 e. The van der Waals surface area contributed by atoms with Crippen molar-refractivity contribution in [2.45, 2.75) is 33.4 Å². The molecule has 2 N–H and O–H groups in total. The standard InChI is InChI=1S/C20H24N6O3/c1-4-13-5-7-14(8-6-13)24-9-12(2)10-25-16-17(22-19(24)25)23(3)20(29)26(18(16)28)11-15(21)27/h5-8,12H,4,9-11H2,1-3H3,(H2,21,27)/t12-/m1/s1. The fraction of sp³-hybridized carbons (Fsp3) is 0.400. The Morgan fingerprint density at radius 3 is 2.52 bits per heavy atom. The molecule has 0 saturated carbocycles. The van der Waals surface area contributed by atoms with Crippen LogP contribution in [0.15, 0.2) is 33.9 Å². The highest BCUT2D eigenvalue weighted by molar-refractivity contribution is 5.78. The maximum atomic E-state index is 13.1. The first-order valence-corrected chi connectivity index (χ1v) is 9.66. The Hall–Kier alpha value is -3.36. The zero-order chi connectivity index (χ0) is 20.9. The third kappa shape index (κ3) is 3.02. The Labute approximate surface area is 167 Å². The van der Waals surface area contributed by atoms with Crippen molar-refractivity contribution in [2.24, 2.45) is 18.7 Å². The summed E-state index contributed by atoms with van der Waals surface area (Å²) in [4.78, 5) is 43.7. The number of imidazole rings is 1. The van der Waals surface area contributed by atoms with Gasteiger partial charge in [-0.25, -0.2) is 9.36 Å². The van der Waals surface area contributed by atoms with E-state index in [2.05, 4.69) is 35.9 Å². The number of hydrogen-bond acceptors (Lipinski definition) is 5. The first-order chi connectivity index (χ1) is 13.8. The number of carbonyl (C=O) groups is 1. The van der Waals surface area contributed by atoms with Gasteiger partial charge in [0, 0.05) is 25.8 Å². The highest BCUT2D eigenvalue weighted by atomic mass is 16.2. The van der Waals surface area contributed by atoms with E-state index in [0.717, 1.165) is 23.2 Å². The molecule has 0 spiro atoms. The second-order valence-corrected chi connectivity index (χ2v) is 7.63. The lowest BCUT2D eigenvalue weighted by atomic mass is 10.1. The van der Waals surface area contributed by atoms with E-state index in [0.29, 0.717) is 23.7 Å². The van der Waals surface area contributed by atoms with E-state index < -0.39 is 23.7 Å². The topological polar surface area (TPSA) is 108 Å². The summed E-state index contributed by atoms with van der Waals surface area (Å²) < 4.78 is 4.02. The van der Waals surface area contributed by atoms with Gasteiger partial charge in [0.1, 0.15) is 6.54 Å². The van der Waals surface area contributed by atoms with Gasteiger partial charge in [0.15, 0.2) is 11.2 Å². The van der Waals surface area contributed by atoms with Crippen molar-refractivity contribution in [3.05, 3.63) is 50.7 Å². The molecule has 29 heavy (non-hydrogen) atoms. The molecule has 152 valence electrons. The normalized spacial score (nSPS) is 16.2. The highest BCUT2D eigenvalue weighted by Crippen LogP contribution is 2.32. The Balaban J connectivity index is 1.96. The van der Waals surface area contributed by atoms with Gasteiger partial charge in [-0.3, -0.25) is 14.2 Å². The zero-order valence-electron chi connectivity index (χ0n) is 16.8. The number of amides is 1. The minimum atomic E-state index is -0.743. The van der Waals surface area contributed by atoms with E-state index >= 15 is 0 Å². The van der Waals surface area contributed by atoms with Gasteiger partial charge < -0.3 is 15.2 Å². The molecule has 4 rings (SSSR count). The minimum Gasteiger partial charge on any atom is -0.368 e. The first kappa shape index (κ1) is 19.0. The number of aromatic nitrogens is 4. The molecule has 1 aliphatic rings. The summed E-state index contributed by atoms with van der Waals surface area (Å²) in [6.45, 7) is 5.10. The van der Waals surface area contributed by atoms with Crippen LogP contribution in [0.5, 0.6) is 0 Å². The highest BCUT2D eigenvalue weighted by Gasteiger charge is 2.30. The molecule has 1 amide bonds. The van der Waals surface area contributed by atoms with Crippen LogP contribution in [-0.2, 0) is 31.4 Å². The first-order valence-electron chi connectivity index (χ1n) is 9.66. The predicted molar refractivity (Wildman–Crippen MR) is 110 cm³/mol. The van der Waals surface area contributed by atoms with Crippen LogP contribution < -0.4 is 21.9 Å².